The number of carbonyl (C=O) groups excluding carboxylic acids is 1. The number of allylic oxidation sites excluding steroid dienone is 1. The summed E-state index contributed by atoms with van der Waals surface area (Å²) in [6.07, 6.45) is 2.28. The number of carbonyl (C=O) groups is 1. The summed E-state index contributed by atoms with van der Waals surface area (Å²) in [5.41, 5.74) is 10.4. The number of nitrogens with zero attached hydrogens (tertiary/aromatic N) is 1. The van der Waals surface area contributed by atoms with E-state index in [0.717, 1.165) is 0 Å². The second-order valence-corrected chi connectivity index (χ2v) is 2.25. The van der Waals surface area contributed by atoms with Crippen LogP contribution in [0.25, 0.3) is 0 Å². The Balaban J connectivity index is 4.53. The van der Waals surface area contributed by atoms with Gasteiger partial charge in [-0.1, -0.05) is 13.0 Å². The van der Waals surface area contributed by atoms with Crippen molar-refractivity contribution in [3.8, 4) is 0 Å². The fourth-order valence-corrected chi connectivity index (χ4v) is 0.712. The Morgan fingerprint density at radius 3 is 2.46 bits per heavy atom. The highest BCUT2D eigenvalue weighted by Crippen LogP contribution is 2.01. The number of nitrogens with two attached hydrogens (primary N) is 2. The van der Waals surface area contributed by atoms with E-state index in [-0.39, 0.29) is 11.7 Å². The van der Waals surface area contributed by atoms with Crippen LogP contribution in [-0.4, -0.2) is 18.5 Å². The Labute approximate surface area is 77.5 Å². The molecule has 0 spiro atoms. The number of ether oxygens (including phenoxy) is 1. The summed E-state index contributed by atoms with van der Waals surface area (Å²) in [4.78, 5) is 14.8. The van der Waals surface area contributed by atoms with Crippen LogP contribution in [0.5, 0.6) is 0 Å². The zero-order valence-electron chi connectivity index (χ0n) is 7.91. The monoisotopic (exact) mass is 185 g/mol. The summed E-state index contributed by atoms with van der Waals surface area (Å²) in [5, 5.41) is 0. The number of esters is 1. The SMILES string of the molecule is CCC=C(N=C(N)N)C(=O)OCC. The number of rotatable bonds is 4. The minimum atomic E-state index is -0.502. The van der Waals surface area contributed by atoms with Gasteiger partial charge in [0.15, 0.2) is 5.96 Å². The number of hydrogen-bond donors (Lipinski definition) is 2. The summed E-state index contributed by atoms with van der Waals surface area (Å²) >= 11 is 0. The van der Waals surface area contributed by atoms with Crippen molar-refractivity contribution < 1.29 is 9.53 Å². The van der Waals surface area contributed by atoms with Crippen molar-refractivity contribution in [1.29, 1.82) is 0 Å². The third-order valence-electron chi connectivity index (χ3n) is 1.13. The molecular weight excluding hydrogens is 170 g/mol. The molecule has 0 saturated carbocycles. The largest absolute Gasteiger partial charge is 0.461 e. The van der Waals surface area contributed by atoms with Crippen LogP contribution in [0, 0.1) is 0 Å². The molecule has 5 heteroatoms. The van der Waals surface area contributed by atoms with E-state index in [9.17, 15) is 4.79 Å². The van der Waals surface area contributed by atoms with E-state index in [1.165, 1.54) is 0 Å². The van der Waals surface area contributed by atoms with Gasteiger partial charge in [0.25, 0.3) is 0 Å². The Bertz CT molecular complexity index is 230. The van der Waals surface area contributed by atoms with E-state index >= 15 is 0 Å². The Morgan fingerprint density at radius 2 is 2.08 bits per heavy atom. The molecule has 0 radical (unpaired) electrons. The van der Waals surface area contributed by atoms with E-state index < -0.39 is 5.97 Å². The highest BCUT2D eigenvalue weighted by Gasteiger charge is 2.08. The van der Waals surface area contributed by atoms with Crippen molar-refractivity contribution in [2.24, 2.45) is 16.5 Å². The first kappa shape index (κ1) is 11.5. The molecule has 0 bridgehead atoms. The van der Waals surface area contributed by atoms with Gasteiger partial charge >= 0.3 is 5.97 Å². The fourth-order valence-electron chi connectivity index (χ4n) is 0.712. The minimum Gasteiger partial charge on any atom is -0.461 e. The Hall–Kier alpha value is -1.52. The first-order valence-corrected chi connectivity index (χ1v) is 4.08. The molecule has 0 aliphatic rings. The zero-order chi connectivity index (χ0) is 10.3. The van der Waals surface area contributed by atoms with E-state index in [4.69, 9.17) is 16.2 Å². The number of hydrogen-bond acceptors (Lipinski definition) is 3. The molecule has 74 valence electrons. The summed E-state index contributed by atoms with van der Waals surface area (Å²) in [6.45, 7) is 3.90. The molecule has 0 aromatic rings. The van der Waals surface area contributed by atoms with Gasteiger partial charge in [-0.05, 0) is 13.3 Å². The third-order valence-corrected chi connectivity index (χ3v) is 1.13. The van der Waals surface area contributed by atoms with Gasteiger partial charge in [-0.3, -0.25) is 0 Å². The molecule has 0 aromatic carbocycles. The molecule has 0 unspecified atom stereocenters. The topological polar surface area (TPSA) is 90.7 Å². The molecule has 0 fully saturated rings. The molecule has 0 amide bonds. The first-order chi connectivity index (χ1) is 6.11. The Kier molecular flexibility index (Phi) is 5.34. The van der Waals surface area contributed by atoms with Gasteiger partial charge in [-0.15, -0.1) is 0 Å². The summed E-state index contributed by atoms with van der Waals surface area (Å²) in [5.74, 6) is -0.648. The molecule has 0 atom stereocenters. The molecule has 0 aromatic heterocycles. The van der Waals surface area contributed by atoms with E-state index in [1.807, 2.05) is 6.92 Å². The van der Waals surface area contributed by atoms with Crippen molar-refractivity contribution in [2.75, 3.05) is 6.61 Å². The van der Waals surface area contributed by atoms with Crippen LogP contribution in [0.1, 0.15) is 20.3 Å². The quantitative estimate of drug-likeness (QED) is 0.281. The summed E-state index contributed by atoms with van der Waals surface area (Å²) in [7, 11) is 0. The van der Waals surface area contributed by atoms with Crippen molar-refractivity contribution in [2.45, 2.75) is 20.3 Å². The van der Waals surface area contributed by atoms with Crippen LogP contribution in [-0.2, 0) is 9.53 Å². The molecule has 0 rings (SSSR count). The van der Waals surface area contributed by atoms with Crippen LogP contribution < -0.4 is 11.5 Å². The first-order valence-electron chi connectivity index (χ1n) is 4.08. The number of aliphatic imine (C=N–C) groups is 1. The summed E-state index contributed by atoms with van der Waals surface area (Å²) < 4.78 is 4.73. The maximum atomic E-state index is 11.2. The molecule has 0 heterocycles. The molecule has 0 aliphatic carbocycles. The van der Waals surface area contributed by atoms with Crippen LogP contribution in [0.15, 0.2) is 16.8 Å². The van der Waals surface area contributed by atoms with Gasteiger partial charge in [0.05, 0.1) is 6.61 Å². The highest BCUT2D eigenvalue weighted by molar-refractivity contribution is 5.92. The van der Waals surface area contributed by atoms with E-state index in [0.29, 0.717) is 13.0 Å². The lowest BCUT2D eigenvalue weighted by molar-refractivity contribution is -0.138. The summed E-state index contributed by atoms with van der Waals surface area (Å²) in [6, 6.07) is 0. The average molecular weight is 185 g/mol. The smallest absolute Gasteiger partial charge is 0.356 e. The maximum absolute atomic E-state index is 11.2. The van der Waals surface area contributed by atoms with Gasteiger partial charge in [0, 0.05) is 0 Å². The minimum absolute atomic E-state index is 0.146. The van der Waals surface area contributed by atoms with Gasteiger partial charge < -0.3 is 16.2 Å². The average Bonchev–Trinajstić information content (AvgIpc) is 2.03. The van der Waals surface area contributed by atoms with Crippen LogP contribution >= 0.6 is 0 Å². The molecular formula is C8H15N3O2. The van der Waals surface area contributed by atoms with Gasteiger partial charge in [0.2, 0.25) is 0 Å². The lowest BCUT2D eigenvalue weighted by Crippen LogP contribution is -2.24. The van der Waals surface area contributed by atoms with Crippen molar-refractivity contribution in [3.05, 3.63) is 11.8 Å². The zero-order valence-corrected chi connectivity index (χ0v) is 7.91. The second kappa shape index (κ2) is 6.05. The molecule has 0 aliphatic heterocycles. The van der Waals surface area contributed by atoms with Crippen LogP contribution in [0.2, 0.25) is 0 Å². The van der Waals surface area contributed by atoms with Crippen molar-refractivity contribution in [3.63, 3.8) is 0 Å². The van der Waals surface area contributed by atoms with Gasteiger partial charge in [-0.25, -0.2) is 9.79 Å². The van der Waals surface area contributed by atoms with Crippen LogP contribution in [0.3, 0.4) is 0 Å². The van der Waals surface area contributed by atoms with E-state index in [1.54, 1.807) is 13.0 Å². The second-order valence-electron chi connectivity index (χ2n) is 2.25. The molecule has 13 heavy (non-hydrogen) atoms. The van der Waals surface area contributed by atoms with E-state index in [2.05, 4.69) is 4.99 Å². The normalized spacial score (nSPS) is 10.8. The fraction of sp³-hybridized carbons (Fsp3) is 0.500. The predicted molar refractivity (Wildman–Crippen MR) is 50.8 cm³/mol. The third kappa shape index (κ3) is 4.84. The van der Waals surface area contributed by atoms with Crippen molar-refractivity contribution in [1.82, 2.24) is 0 Å². The highest BCUT2D eigenvalue weighted by atomic mass is 16.5. The van der Waals surface area contributed by atoms with Crippen molar-refractivity contribution >= 4 is 11.9 Å². The Morgan fingerprint density at radius 1 is 1.46 bits per heavy atom. The predicted octanol–water partition coefficient (Wildman–Crippen LogP) is 0.117. The lowest BCUT2D eigenvalue weighted by Gasteiger charge is -2.01. The number of guanidine groups is 1. The lowest BCUT2D eigenvalue weighted by atomic mass is 10.3. The maximum Gasteiger partial charge on any atom is 0.356 e. The molecule has 4 N–H and O–H groups in total. The van der Waals surface area contributed by atoms with Gasteiger partial charge in [0.1, 0.15) is 5.70 Å². The molecule has 5 nitrogen and oxygen atoms in total. The van der Waals surface area contributed by atoms with Crippen LogP contribution in [0.4, 0.5) is 0 Å². The molecule has 0 saturated heterocycles. The standard InChI is InChI=1S/C8H15N3O2/c1-3-5-6(11-8(9)10)7(12)13-4-2/h5H,3-4H2,1-2H3,(H4,9,10,11). The van der Waals surface area contributed by atoms with Gasteiger partial charge in [-0.2, -0.15) is 0 Å².